The van der Waals surface area contributed by atoms with Crippen molar-refractivity contribution in [2.75, 3.05) is 26.8 Å². The van der Waals surface area contributed by atoms with E-state index in [0.717, 1.165) is 11.5 Å². The molecule has 0 saturated heterocycles. The van der Waals surface area contributed by atoms with Crippen LogP contribution in [0.4, 0.5) is 0 Å². The van der Waals surface area contributed by atoms with E-state index in [1.54, 1.807) is 6.07 Å². The number of likely N-dealkylation sites (N-methyl/N-ethyl adjacent to an activating group) is 1. The molecule has 2 aromatic carbocycles. The summed E-state index contributed by atoms with van der Waals surface area (Å²) in [6, 6.07) is 14.9. The van der Waals surface area contributed by atoms with Crippen LogP contribution in [0.2, 0.25) is 0 Å². The van der Waals surface area contributed by atoms with Crippen molar-refractivity contribution >= 4 is 10.9 Å². The van der Waals surface area contributed by atoms with Gasteiger partial charge in [-0.3, -0.25) is 9.69 Å². The molecule has 136 valence electrons. The normalized spacial score (nSPS) is 11.0. The molecule has 26 heavy (non-hydrogen) atoms. The quantitative estimate of drug-likeness (QED) is 0.674. The SMILES string of the molecule is CCOc1ccc(OCCN(C)Cc2nc3ccccc3c(=O)[nH]2)cc1. The number of fused-ring (bicyclic) bond motifs is 1. The summed E-state index contributed by atoms with van der Waals surface area (Å²) in [5.74, 6) is 2.29. The van der Waals surface area contributed by atoms with Gasteiger partial charge in [-0.25, -0.2) is 4.98 Å². The molecule has 0 unspecified atom stereocenters. The van der Waals surface area contributed by atoms with Crippen LogP contribution in [0.5, 0.6) is 11.5 Å². The molecule has 0 amide bonds. The van der Waals surface area contributed by atoms with Gasteiger partial charge in [0.15, 0.2) is 0 Å². The molecule has 0 radical (unpaired) electrons. The first-order valence-electron chi connectivity index (χ1n) is 8.68. The minimum atomic E-state index is -0.107. The van der Waals surface area contributed by atoms with Gasteiger partial charge in [0.2, 0.25) is 0 Å². The van der Waals surface area contributed by atoms with E-state index in [1.165, 1.54) is 0 Å². The van der Waals surface area contributed by atoms with Crippen molar-refractivity contribution in [3.8, 4) is 11.5 Å². The monoisotopic (exact) mass is 353 g/mol. The summed E-state index contributed by atoms with van der Waals surface area (Å²) < 4.78 is 11.2. The summed E-state index contributed by atoms with van der Waals surface area (Å²) in [6.07, 6.45) is 0. The number of hydrogen-bond donors (Lipinski definition) is 1. The fourth-order valence-electron chi connectivity index (χ4n) is 2.66. The first kappa shape index (κ1) is 17.9. The Morgan fingerprint density at radius 2 is 1.73 bits per heavy atom. The smallest absolute Gasteiger partial charge is 0.258 e. The second kappa shape index (κ2) is 8.49. The predicted molar refractivity (Wildman–Crippen MR) is 102 cm³/mol. The van der Waals surface area contributed by atoms with Crippen molar-refractivity contribution in [3.05, 3.63) is 64.7 Å². The Morgan fingerprint density at radius 3 is 2.46 bits per heavy atom. The molecular formula is C20H23N3O3. The zero-order chi connectivity index (χ0) is 18.4. The average molecular weight is 353 g/mol. The molecule has 3 rings (SSSR count). The van der Waals surface area contributed by atoms with Gasteiger partial charge < -0.3 is 14.5 Å². The molecule has 1 N–H and O–H groups in total. The molecule has 0 saturated carbocycles. The molecule has 0 atom stereocenters. The van der Waals surface area contributed by atoms with E-state index in [9.17, 15) is 4.79 Å². The number of aromatic nitrogens is 2. The number of hydrogen-bond acceptors (Lipinski definition) is 5. The third kappa shape index (κ3) is 4.61. The highest BCUT2D eigenvalue weighted by molar-refractivity contribution is 5.77. The lowest BCUT2D eigenvalue weighted by atomic mass is 10.2. The maximum absolute atomic E-state index is 12.1. The average Bonchev–Trinajstić information content (AvgIpc) is 2.63. The predicted octanol–water partition coefficient (Wildman–Crippen LogP) is 2.83. The highest BCUT2D eigenvalue weighted by Crippen LogP contribution is 2.17. The highest BCUT2D eigenvalue weighted by atomic mass is 16.5. The van der Waals surface area contributed by atoms with Gasteiger partial charge in [0.1, 0.15) is 23.9 Å². The third-order valence-electron chi connectivity index (χ3n) is 3.96. The number of nitrogens with one attached hydrogen (secondary N) is 1. The Balaban J connectivity index is 1.52. The van der Waals surface area contributed by atoms with Gasteiger partial charge in [-0.1, -0.05) is 12.1 Å². The van der Waals surface area contributed by atoms with Crippen LogP contribution in [0.3, 0.4) is 0 Å². The van der Waals surface area contributed by atoms with Crippen molar-refractivity contribution in [3.63, 3.8) is 0 Å². The molecule has 0 aliphatic carbocycles. The first-order chi connectivity index (χ1) is 12.7. The lowest BCUT2D eigenvalue weighted by Crippen LogP contribution is -2.26. The topological polar surface area (TPSA) is 67.5 Å². The second-order valence-corrected chi connectivity index (χ2v) is 6.02. The molecule has 1 aromatic heterocycles. The Labute approximate surface area is 152 Å². The lowest BCUT2D eigenvalue weighted by molar-refractivity contribution is 0.229. The van der Waals surface area contributed by atoms with E-state index < -0.39 is 0 Å². The summed E-state index contributed by atoms with van der Waals surface area (Å²) in [5, 5.41) is 0.609. The Bertz CT molecular complexity index is 906. The van der Waals surface area contributed by atoms with Gasteiger partial charge in [0, 0.05) is 6.54 Å². The van der Waals surface area contributed by atoms with Crippen LogP contribution in [0.1, 0.15) is 12.7 Å². The molecular weight excluding hydrogens is 330 g/mol. The maximum Gasteiger partial charge on any atom is 0.258 e. The van der Waals surface area contributed by atoms with Crippen LogP contribution in [0, 0.1) is 0 Å². The van der Waals surface area contributed by atoms with Gasteiger partial charge in [0.25, 0.3) is 5.56 Å². The zero-order valence-corrected chi connectivity index (χ0v) is 15.1. The van der Waals surface area contributed by atoms with Crippen molar-refractivity contribution < 1.29 is 9.47 Å². The fraction of sp³-hybridized carbons (Fsp3) is 0.300. The van der Waals surface area contributed by atoms with Gasteiger partial charge >= 0.3 is 0 Å². The van der Waals surface area contributed by atoms with Crippen LogP contribution in [-0.2, 0) is 6.54 Å². The third-order valence-corrected chi connectivity index (χ3v) is 3.96. The van der Waals surface area contributed by atoms with E-state index in [1.807, 2.05) is 56.4 Å². The van der Waals surface area contributed by atoms with E-state index in [4.69, 9.17) is 9.47 Å². The molecule has 6 heteroatoms. The van der Waals surface area contributed by atoms with Crippen LogP contribution >= 0.6 is 0 Å². The molecule has 0 bridgehead atoms. The molecule has 0 aliphatic rings. The van der Waals surface area contributed by atoms with E-state index in [2.05, 4.69) is 14.9 Å². The molecule has 0 spiro atoms. The van der Waals surface area contributed by atoms with Crippen LogP contribution in [0.25, 0.3) is 10.9 Å². The zero-order valence-electron chi connectivity index (χ0n) is 15.1. The van der Waals surface area contributed by atoms with Crippen molar-refractivity contribution in [1.82, 2.24) is 14.9 Å². The number of nitrogens with zero attached hydrogens (tertiary/aromatic N) is 2. The number of rotatable bonds is 8. The Hall–Kier alpha value is -2.86. The minimum Gasteiger partial charge on any atom is -0.494 e. The largest absolute Gasteiger partial charge is 0.494 e. The minimum absolute atomic E-state index is 0.107. The van der Waals surface area contributed by atoms with Crippen molar-refractivity contribution in [2.45, 2.75) is 13.5 Å². The van der Waals surface area contributed by atoms with Crippen molar-refractivity contribution in [2.24, 2.45) is 0 Å². The van der Waals surface area contributed by atoms with E-state index in [0.29, 0.717) is 43.0 Å². The maximum atomic E-state index is 12.1. The van der Waals surface area contributed by atoms with Crippen LogP contribution in [0.15, 0.2) is 53.3 Å². The van der Waals surface area contributed by atoms with Gasteiger partial charge in [0.05, 0.1) is 24.1 Å². The van der Waals surface area contributed by atoms with E-state index in [-0.39, 0.29) is 5.56 Å². The van der Waals surface area contributed by atoms with Crippen LogP contribution in [-0.4, -0.2) is 41.7 Å². The Morgan fingerprint density at radius 1 is 1.04 bits per heavy atom. The number of H-pyrrole nitrogens is 1. The summed E-state index contributed by atoms with van der Waals surface area (Å²) >= 11 is 0. The first-order valence-corrected chi connectivity index (χ1v) is 8.68. The summed E-state index contributed by atoms with van der Waals surface area (Å²) in [4.78, 5) is 21.5. The highest BCUT2D eigenvalue weighted by Gasteiger charge is 2.06. The number of benzene rings is 2. The number of para-hydroxylation sites is 1. The Kier molecular flexibility index (Phi) is 5.86. The summed E-state index contributed by atoms with van der Waals surface area (Å²) in [5.41, 5.74) is 0.606. The van der Waals surface area contributed by atoms with Gasteiger partial charge in [-0.05, 0) is 50.4 Å². The van der Waals surface area contributed by atoms with Gasteiger partial charge in [-0.2, -0.15) is 0 Å². The molecule has 3 aromatic rings. The standard InChI is InChI=1S/C20H23N3O3/c1-3-25-15-8-10-16(11-9-15)26-13-12-23(2)14-19-21-18-7-5-4-6-17(18)20(24)22-19/h4-11H,3,12-14H2,1-2H3,(H,21,22,24). The molecule has 0 aliphatic heterocycles. The second-order valence-electron chi connectivity index (χ2n) is 6.02. The van der Waals surface area contributed by atoms with Crippen molar-refractivity contribution in [1.29, 1.82) is 0 Å². The lowest BCUT2D eigenvalue weighted by Gasteiger charge is -2.16. The van der Waals surface area contributed by atoms with Gasteiger partial charge in [-0.15, -0.1) is 0 Å². The molecule has 1 heterocycles. The molecule has 0 fully saturated rings. The number of aromatic amines is 1. The fourth-order valence-corrected chi connectivity index (χ4v) is 2.66. The molecule has 6 nitrogen and oxygen atoms in total. The van der Waals surface area contributed by atoms with E-state index >= 15 is 0 Å². The van der Waals surface area contributed by atoms with Crippen LogP contribution < -0.4 is 15.0 Å². The summed E-state index contributed by atoms with van der Waals surface area (Å²) in [7, 11) is 1.97. The number of ether oxygens (including phenoxy) is 2. The summed E-state index contributed by atoms with van der Waals surface area (Å²) in [6.45, 7) is 4.41.